The third-order valence-electron chi connectivity index (χ3n) is 4.19. The van der Waals surface area contributed by atoms with Crippen molar-refractivity contribution in [2.24, 2.45) is 0 Å². The summed E-state index contributed by atoms with van der Waals surface area (Å²) in [4.78, 5) is 30.3. The molecular formula is C15H19N3O3. The van der Waals surface area contributed by atoms with Crippen molar-refractivity contribution < 1.29 is 14.7 Å². The van der Waals surface area contributed by atoms with E-state index in [9.17, 15) is 14.7 Å². The number of nitrogens with zero attached hydrogens (tertiary/aromatic N) is 3. The second kappa shape index (κ2) is 5.46. The SMILES string of the molecule is CN1CCN(C2CC(=O)N(c3cccc(O)c3)C2=O)CC1. The van der Waals surface area contributed by atoms with Gasteiger partial charge >= 0.3 is 0 Å². The molecule has 0 radical (unpaired) electrons. The normalized spacial score (nSPS) is 24.8. The molecule has 1 N–H and O–H groups in total. The predicted molar refractivity (Wildman–Crippen MR) is 78.1 cm³/mol. The maximum atomic E-state index is 12.6. The molecule has 2 fully saturated rings. The number of hydrogen-bond donors (Lipinski definition) is 1. The van der Waals surface area contributed by atoms with E-state index < -0.39 is 0 Å². The summed E-state index contributed by atoms with van der Waals surface area (Å²) in [5, 5.41) is 9.52. The van der Waals surface area contributed by atoms with Gasteiger partial charge in [0.15, 0.2) is 0 Å². The van der Waals surface area contributed by atoms with E-state index >= 15 is 0 Å². The van der Waals surface area contributed by atoms with Gasteiger partial charge in [0.2, 0.25) is 5.91 Å². The van der Waals surface area contributed by atoms with Crippen LogP contribution in [0.4, 0.5) is 5.69 Å². The van der Waals surface area contributed by atoms with Crippen LogP contribution < -0.4 is 4.90 Å². The van der Waals surface area contributed by atoms with Gasteiger partial charge in [-0.05, 0) is 19.2 Å². The summed E-state index contributed by atoms with van der Waals surface area (Å²) in [5.41, 5.74) is 0.446. The number of benzene rings is 1. The summed E-state index contributed by atoms with van der Waals surface area (Å²) in [7, 11) is 2.05. The van der Waals surface area contributed by atoms with Crippen LogP contribution in [0.25, 0.3) is 0 Å². The number of aromatic hydroxyl groups is 1. The zero-order valence-corrected chi connectivity index (χ0v) is 12.0. The second-order valence-corrected chi connectivity index (χ2v) is 5.65. The Bertz CT molecular complexity index is 567. The maximum absolute atomic E-state index is 12.6. The van der Waals surface area contributed by atoms with Crippen molar-refractivity contribution in [3.63, 3.8) is 0 Å². The molecule has 3 rings (SSSR count). The van der Waals surface area contributed by atoms with E-state index in [-0.39, 0.29) is 30.0 Å². The molecule has 2 amide bonds. The predicted octanol–water partition coefficient (Wildman–Crippen LogP) is 0.271. The Morgan fingerprint density at radius 3 is 2.52 bits per heavy atom. The third kappa shape index (κ3) is 2.64. The van der Waals surface area contributed by atoms with E-state index in [0.717, 1.165) is 26.2 Å². The number of rotatable bonds is 2. The van der Waals surface area contributed by atoms with Crippen molar-refractivity contribution in [2.75, 3.05) is 38.1 Å². The second-order valence-electron chi connectivity index (χ2n) is 5.65. The van der Waals surface area contributed by atoms with E-state index in [1.54, 1.807) is 12.1 Å². The average Bonchev–Trinajstić information content (AvgIpc) is 2.75. The summed E-state index contributed by atoms with van der Waals surface area (Å²) in [6.45, 7) is 3.41. The largest absolute Gasteiger partial charge is 0.508 e. The van der Waals surface area contributed by atoms with Crippen LogP contribution in [0.3, 0.4) is 0 Å². The summed E-state index contributed by atoms with van der Waals surface area (Å²) < 4.78 is 0. The van der Waals surface area contributed by atoms with Crippen molar-refractivity contribution in [1.82, 2.24) is 9.80 Å². The molecule has 1 unspecified atom stereocenters. The summed E-state index contributed by atoms with van der Waals surface area (Å²) >= 11 is 0. The highest BCUT2D eigenvalue weighted by atomic mass is 16.3. The first-order chi connectivity index (χ1) is 10.1. The Morgan fingerprint density at radius 2 is 1.86 bits per heavy atom. The molecule has 2 aliphatic heterocycles. The fraction of sp³-hybridized carbons (Fsp3) is 0.467. The molecule has 1 atom stereocenters. The molecule has 2 aliphatic rings. The number of anilines is 1. The number of imide groups is 1. The lowest BCUT2D eigenvalue weighted by atomic mass is 10.2. The number of piperazine rings is 1. The molecule has 0 aromatic heterocycles. The van der Waals surface area contributed by atoms with E-state index in [0.29, 0.717) is 5.69 Å². The average molecular weight is 289 g/mol. The number of phenolic OH excluding ortho intramolecular Hbond substituents is 1. The quantitative estimate of drug-likeness (QED) is 0.792. The summed E-state index contributed by atoms with van der Waals surface area (Å²) in [5.74, 6) is -0.333. The minimum atomic E-state index is -0.367. The Hall–Kier alpha value is -1.92. The van der Waals surface area contributed by atoms with E-state index in [1.165, 1.54) is 17.0 Å². The molecule has 6 nitrogen and oxygen atoms in total. The smallest absolute Gasteiger partial charge is 0.251 e. The van der Waals surface area contributed by atoms with Gasteiger partial charge in [0.05, 0.1) is 18.2 Å². The standard InChI is InChI=1S/C15H19N3O3/c1-16-5-7-17(8-6-16)13-10-14(20)18(15(13)21)11-3-2-4-12(19)9-11/h2-4,9,13,19H,5-8,10H2,1H3. The third-order valence-corrected chi connectivity index (χ3v) is 4.19. The Kier molecular flexibility index (Phi) is 3.65. The van der Waals surface area contributed by atoms with Crippen molar-refractivity contribution in [1.29, 1.82) is 0 Å². The molecule has 1 aromatic carbocycles. The van der Waals surface area contributed by atoms with Crippen LogP contribution in [0, 0.1) is 0 Å². The number of likely N-dealkylation sites (N-methyl/N-ethyl adjacent to an activating group) is 1. The number of amides is 2. The van der Waals surface area contributed by atoms with E-state index in [1.807, 2.05) is 0 Å². The lowest BCUT2D eigenvalue weighted by molar-refractivity contribution is -0.123. The van der Waals surface area contributed by atoms with Gasteiger partial charge in [-0.3, -0.25) is 14.5 Å². The molecule has 112 valence electrons. The fourth-order valence-corrected chi connectivity index (χ4v) is 2.94. The zero-order valence-electron chi connectivity index (χ0n) is 12.0. The van der Waals surface area contributed by atoms with Gasteiger partial charge in [-0.1, -0.05) is 6.07 Å². The first kappa shape index (κ1) is 14.0. The Morgan fingerprint density at radius 1 is 1.14 bits per heavy atom. The van der Waals surface area contributed by atoms with Gasteiger partial charge in [-0.2, -0.15) is 0 Å². The van der Waals surface area contributed by atoms with Crippen LogP contribution >= 0.6 is 0 Å². The number of carbonyl (C=O) groups is 2. The monoisotopic (exact) mass is 289 g/mol. The van der Waals surface area contributed by atoms with Crippen LogP contribution in [0.15, 0.2) is 24.3 Å². The van der Waals surface area contributed by atoms with Crippen LogP contribution in [-0.2, 0) is 9.59 Å². The minimum Gasteiger partial charge on any atom is -0.508 e. The van der Waals surface area contributed by atoms with Crippen molar-refractivity contribution in [2.45, 2.75) is 12.5 Å². The van der Waals surface area contributed by atoms with E-state index in [2.05, 4.69) is 16.8 Å². The first-order valence-corrected chi connectivity index (χ1v) is 7.14. The number of phenols is 1. The molecule has 1 aromatic rings. The molecule has 2 heterocycles. The highest BCUT2D eigenvalue weighted by Crippen LogP contribution is 2.28. The molecule has 0 spiro atoms. The highest BCUT2D eigenvalue weighted by molar-refractivity contribution is 6.22. The molecule has 0 bridgehead atoms. The van der Waals surface area contributed by atoms with Crippen LogP contribution in [0.5, 0.6) is 5.75 Å². The summed E-state index contributed by atoms with van der Waals surface area (Å²) in [6, 6.07) is 5.90. The molecule has 0 saturated carbocycles. The lowest BCUT2D eigenvalue weighted by Crippen LogP contribution is -2.51. The number of hydrogen-bond acceptors (Lipinski definition) is 5. The summed E-state index contributed by atoms with van der Waals surface area (Å²) in [6.07, 6.45) is 0.220. The van der Waals surface area contributed by atoms with Gasteiger partial charge in [0, 0.05) is 32.2 Å². The van der Waals surface area contributed by atoms with Crippen molar-refractivity contribution in [3.8, 4) is 5.75 Å². The minimum absolute atomic E-state index is 0.0520. The van der Waals surface area contributed by atoms with Crippen molar-refractivity contribution >= 4 is 17.5 Å². The van der Waals surface area contributed by atoms with Crippen LogP contribution in [0.1, 0.15) is 6.42 Å². The highest BCUT2D eigenvalue weighted by Gasteiger charge is 2.43. The fourth-order valence-electron chi connectivity index (χ4n) is 2.94. The van der Waals surface area contributed by atoms with Gasteiger partial charge in [0.25, 0.3) is 5.91 Å². The molecule has 6 heteroatoms. The Balaban J connectivity index is 1.79. The van der Waals surface area contributed by atoms with Gasteiger partial charge < -0.3 is 10.0 Å². The van der Waals surface area contributed by atoms with E-state index in [4.69, 9.17) is 0 Å². The molecule has 0 aliphatic carbocycles. The topological polar surface area (TPSA) is 64.1 Å². The first-order valence-electron chi connectivity index (χ1n) is 7.14. The Labute approximate surface area is 123 Å². The molecular weight excluding hydrogens is 270 g/mol. The van der Waals surface area contributed by atoms with Gasteiger partial charge in [0.1, 0.15) is 5.75 Å². The van der Waals surface area contributed by atoms with Crippen LogP contribution in [0.2, 0.25) is 0 Å². The zero-order chi connectivity index (χ0) is 15.0. The maximum Gasteiger partial charge on any atom is 0.251 e. The number of carbonyl (C=O) groups excluding carboxylic acids is 2. The lowest BCUT2D eigenvalue weighted by Gasteiger charge is -2.35. The van der Waals surface area contributed by atoms with Crippen LogP contribution in [-0.4, -0.2) is 66.0 Å². The molecule has 21 heavy (non-hydrogen) atoms. The van der Waals surface area contributed by atoms with Gasteiger partial charge in [-0.25, -0.2) is 4.90 Å². The van der Waals surface area contributed by atoms with Crippen molar-refractivity contribution in [3.05, 3.63) is 24.3 Å². The molecule has 2 saturated heterocycles. The van der Waals surface area contributed by atoms with Gasteiger partial charge in [-0.15, -0.1) is 0 Å².